The van der Waals surface area contributed by atoms with Gasteiger partial charge in [0.2, 0.25) is 5.91 Å². The van der Waals surface area contributed by atoms with E-state index in [0.29, 0.717) is 34.7 Å². The summed E-state index contributed by atoms with van der Waals surface area (Å²) < 4.78 is 10.5. The van der Waals surface area contributed by atoms with Crippen molar-refractivity contribution in [1.29, 1.82) is 0 Å². The first-order valence-electron chi connectivity index (χ1n) is 12.6. The molecular weight excluding hydrogens is 523 g/mol. The molecule has 0 radical (unpaired) electrons. The second-order valence-electron chi connectivity index (χ2n) is 9.43. The molecule has 2 atom stereocenters. The summed E-state index contributed by atoms with van der Waals surface area (Å²) in [6.07, 6.45) is 0.372. The minimum Gasteiger partial charge on any atom is -0.482 e. The molecule has 1 aliphatic heterocycles. The Morgan fingerprint density at radius 2 is 1.47 bits per heavy atom. The molecule has 0 bridgehead atoms. The maximum absolute atomic E-state index is 13.7. The van der Waals surface area contributed by atoms with Gasteiger partial charge in [-0.15, -0.1) is 0 Å². The summed E-state index contributed by atoms with van der Waals surface area (Å²) in [6.45, 7) is 5.91. The van der Waals surface area contributed by atoms with Crippen molar-refractivity contribution in [3.8, 4) is 5.75 Å². The molecule has 1 heterocycles. The topological polar surface area (TPSA) is 68.2 Å². The zero-order valence-electron chi connectivity index (χ0n) is 21.6. The fraction of sp³-hybridized carbons (Fsp3) is 0.300. The Morgan fingerprint density at radius 3 is 2.03 bits per heavy atom. The number of esters is 1. The highest BCUT2D eigenvalue weighted by atomic mass is 35.5. The number of halogens is 2. The van der Waals surface area contributed by atoms with E-state index in [9.17, 15) is 9.59 Å². The van der Waals surface area contributed by atoms with Crippen LogP contribution in [0.4, 0.5) is 0 Å². The molecule has 38 heavy (non-hydrogen) atoms. The van der Waals surface area contributed by atoms with E-state index in [1.54, 1.807) is 24.0 Å². The minimum absolute atomic E-state index is 0.0159. The van der Waals surface area contributed by atoms with E-state index in [0.717, 1.165) is 16.7 Å². The fourth-order valence-electron chi connectivity index (χ4n) is 4.43. The van der Waals surface area contributed by atoms with E-state index < -0.39 is 5.97 Å². The molecule has 0 aromatic heterocycles. The zero-order chi connectivity index (χ0) is 27.2. The lowest BCUT2D eigenvalue weighted by Crippen LogP contribution is -2.38. The third-order valence-corrected chi connectivity index (χ3v) is 6.62. The van der Waals surface area contributed by atoms with E-state index >= 15 is 0 Å². The highest BCUT2D eigenvalue weighted by Gasteiger charge is 2.42. The SMILES string of the molecule is CCOC(=O)COc1ccc(C2=N[C@H](c3ccc(Cl)cc3)[C@H](c3ccc(Cl)cc3)N2C(=O)CC(C)C)cc1. The number of ether oxygens (including phenoxy) is 2. The largest absolute Gasteiger partial charge is 0.482 e. The van der Waals surface area contributed by atoms with Gasteiger partial charge in [0.25, 0.3) is 0 Å². The Morgan fingerprint density at radius 1 is 0.895 bits per heavy atom. The number of hydrogen-bond acceptors (Lipinski definition) is 5. The average Bonchev–Trinajstić information content (AvgIpc) is 3.29. The molecule has 0 aliphatic carbocycles. The van der Waals surface area contributed by atoms with Crippen molar-refractivity contribution in [2.45, 2.75) is 39.3 Å². The van der Waals surface area contributed by atoms with Crippen LogP contribution in [0.2, 0.25) is 10.0 Å². The minimum atomic E-state index is -0.432. The van der Waals surface area contributed by atoms with Crippen LogP contribution in [-0.4, -0.2) is 35.8 Å². The summed E-state index contributed by atoms with van der Waals surface area (Å²) in [5.41, 5.74) is 2.64. The van der Waals surface area contributed by atoms with Gasteiger partial charge in [-0.2, -0.15) is 0 Å². The molecule has 198 valence electrons. The van der Waals surface area contributed by atoms with Gasteiger partial charge in [-0.05, 0) is 72.5 Å². The third-order valence-electron chi connectivity index (χ3n) is 6.12. The molecule has 0 saturated carbocycles. The summed E-state index contributed by atoms with van der Waals surface area (Å²) in [6, 6.07) is 21.6. The van der Waals surface area contributed by atoms with Crippen LogP contribution in [0.15, 0.2) is 77.8 Å². The Labute approximate surface area is 233 Å². The van der Waals surface area contributed by atoms with Crippen molar-refractivity contribution in [1.82, 2.24) is 4.90 Å². The van der Waals surface area contributed by atoms with Gasteiger partial charge >= 0.3 is 5.97 Å². The number of carbonyl (C=O) groups excluding carboxylic acids is 2. The highest BCUT2D eigenvalue weighted by Crippen LogP contribution is 2.44. The first-order valence-corrected chi connectivity index (χ1v) is 13.3. The normalized spacial score (nSPS) is 16.9. The summed E-state index contributed by atoms with van der Waals surface area (Å²) in [4.78, 5) is 32.3. The van der Waals surface area contributed by atoms with E-state index in [4.69, 9.17) is 37.7 Å². The molecule has 0 N–H and O–H groups in total. The molecule has 1 aliphatic rings. The lowest BCUT2D eigenvalue weighted by Gasteiger charge is -2.30. The van der Waals surface area contributed by atoms with Crippen molar-refractivity contribution < 1.29 is 19.1 Å². The van der Waals surface area contributed by atoms with Crippen LogP contribution in [0.5, 0.6) is 5.75 Å². The second kappa shape index (κ2) is 12.5. The van der Waals surface area contributed by atoms with Gasteiger partial charge < -0.3 is 9.47 Å². The number of nitrogens with zero attached hydrogens (tertiary/aromatic N) is 2. The average molecular weight is 553 g/mol. The van der Waals surface area contributed by atoms with Crippen LogP contribution >= 0.6 is 23.2 Å². The number of aliphatic imine (C=N–C) groups is 1. The summed E-state index contributed by atoms with van der Waals surface area (Å²) in [5.74, 6) is 0.816. The van der Waals surface area contributed by atoms with Crippen molar-refractivity contribution in [2.24, 2.45) is 10.9 Å². The predicted molar refractivity (Wildman–Crippen MR) is 150 cm³/mol. The predicted octanol–water partition coefficient (Wildman–Crippen LogP) is 7.05. The summed E-state index contributed by atoms with van der Waals surface area (Å²) in [7, 11) is 0. The lowest BCUT2D eigenvalue weighted by atomic mass is 9.93. The van der Waals surface area contributed by atoms with E-state index in [-0.39, 0.29) is 30.5 Å². The maximum Gasteiger partial charge on any atom is 0.344 e. The standard InChI is InChI=1S/C30H30Cl2N2O4/c1-4-37-27(36)18-38-25-15-9-22(10-16-25)30-33-28(20-5-11-23(31)12-6-20)29(21-7-13-24(32)14-8-21)34(30)26(35)17-19(2)3/h5-16,19,28-29H,4,17-18H2,1-3H3/t28-,29+/m1/s1. The Bertz CT molecular complexity index is 1290. The number of carbonyl (C=O) groups is 2. The second-order valence-corrected chi connectivity index (χ2v) is 10.3. The van der Waals surface area contributed by atoms with Crippen molar-refractivity contribution >= 4 is 40.9 Å². The van der Waals surface area contributed by atoms with Gasteiger partial charge in [0.15, 0.2) is 6.61 Å². The first-order chi connectivity index (χ1) is 18.3. The molecule has 0 fully saturated rings. The monoisotopic (exact) mass is 552 g/mol. The Hall–Kier alpha value is -3.35. The first kappa shape index (κ1) is 27.7. The number of amides is 1. The van der Waals surface area contributed by atoms with Crippen molar-refractivity contribution in [2.75, 3.05) is 13.2 Å². The van der Waals surface area contributed by atoms with E-state index in [2.05, 4.69) is 0 Å². The molecule has 6 nitrogen and oxygen atoms in total. The molecule has 1 amide bonds. The molecule has 3 aromatic carbocycles. The molecule has 3 aromatic rings. The van der Waals surface area contributed by atoms with Gasteiger partial charge in [-0.1, -0.05) is 61.3 Å². The molecule has 0 spiro atoms. The van der Waals surface area contributed by atoms with Crippen LogP contribution in [0.25, 0.3) is 0 Å². The summed E-state index contributed by atoms with van der Waals surface area (Å²) >= 11 is 12.4. The van der Waals surface area contributed by atoms with Gasteiger partial charge in [-0.25, -0.2) is 4.79 Å². The van der Waals surface area contributed by atoms with Gasteiger partial charge in [0.1, 0.15) is 17.6 Å². The lowest BCUT2D eigenvalue weighted by molar-refractivity contribution is -0.145. The fourth-order valence-corrected chi connectivity index (χ4v) is 4.68. The summed E-state index contributed by atoms with van der Waals surface area (Å²) in [5, 5.41) is 1.25. The zero-order valence-corrected chi connectivity index (χ0v) is 23.1. The quantitative estimate of drug-likeness (QED) is 0.266. The number of hydrogen-bond donors (Lipinski definition) is 0. The third kappa shape index (κ3) is 6.55. The van der Waals surface area contributed by atoms with E-state index in [1.807, 2.05) is 74.5 Å². The smallest absolute Gasteiger partial charge is 0.344 e. The molecule has 4 rings (SSSR count). The number of amidine groups is 1. The van der Waals surface area contributed by atoms with Gasteiger partial charge in [0.05, 0.1) is 12.6 Å². The Kier molecular flexibility index (Phi) is 9.08. The van der Waals surface area contributed by atoms with Gasteiger partial charge in [0, 0.05) is 22.0 Å². The molecule has 8 heteroatoms. The van der Waals surface area contributed by atoms with Gasteiger partial charge in [-0.3, -0.25) is 14.7 Å². The highest BCUT2D eigenvalue weighted by molar-refractivity contribution is 6.30. The van der Waals surface area contributed by atoms with Crippen molar-refractivity contribution in [3.63, 3.8) is 0 Å². The van der Waals surface area contributed by atoms with Crippen LogP contribution in [-0.2, 0) is 14.3 Å². The van der Waals surface area contributed by atoms with Crippen molar-refractivity contribution in [3.05, 3.63) is 99.5 Å². The van der Waals surface area contributed by atoms with Crippen LogP contribution in [0.1, 0.15) is 56.0 Å². The molecule has 0 unspecified atom stereocenters. The van der Waals surface area contributed by atoms with Crippen LogP contribution in [0, 0.1) is 5.92 Å². The van der Waals surface area contributed by atoms with E-state index in [1.165, 1.54) is 0 Å². The van der Waals surface area contributed by atoms with Crippen LogP contribution in [0.3, 0.4) is 0 Å². The molecule has 0 saturated heterocycles. The van der Waals surface area contributed by atoms with Crippen LogP contribution < -0.4 is 4.74 Å². The molecular formula is C30H30Cl2N2O4. The maximum atomic E-state index is 13.7. The number of benzene rings is 3. The number of rotatable bonds is 9. The Balaban J connectivity index is 1.75.